The van der Waals surface area contributed by atoms with Gasteiger partial charge >= 0.3 is 0 Å². The summed E-state index contributed by atoms with van der Waals surface area (Å²) in [6.45, 7) is 4.74. The Morgan fingerprint density at radius 3 is 2.60 bits per heavy atom. The first-order valence-electron chi connectivity index (χ1n) is 9.74. The Bertz CT molecular complexity index is 1390. The molecule has 2 aromatic carbocycles. The smallest absolute Gasteiger partial charge is 0.224 e. The number of para-hydroxylation sites is 1. The van der Waals surface area contributed by atoms with E-state index in [1.54, 1.807) is 6.33 Å². The van der Waals surface area contributed by atoms with E-state index in [9.17, 15) is 0 Å². The summed E-state index contributed by atoms with van der Waals surface area (Å²) in [7, 11) is 0. The van der Waals surface area contributed by atoms with Gasteiger partial charge < -0.3 is 20.9 Å². The average molecular weight is 398 g/mol. The molecule has 30 heavy (non-hydrogen) atoms. The monoisotopic (exact) mass is 398 g/mol. The third-order valence-corrected chi connectivity index (χ3v) is 5.44. The number of imidazole rings is 1. The highest BCUT2D eigenvalue weighted by molar-refractivity contribution is 5.82. The number of anilines is 3. The predicted octanol–water partition coefficient (Wildman–Crippen LogP) is 1.51. The number of nitrogens with zero attached hydrogens (tertiary/aromatic N) is 6. The molecule has 0 saturated carbocycles. The molecule has 5 rings (SSSR count). The Morgan fingerprint density at radius 2 is 1.77 bits per heavy atom. The molecule has 1 aliphatic heterocycles. The summed E-state index contributed by atoms with van der Waals surface area (Å²) in [6, 6.07) is 14.5. The summed E-state index contributed by atoms with van der Waals surface area (Å²) >= 11 is 0. The number of aryl methyl sites for hydroxylation is 2. The minimum atomic E-state index is -0.185. The van der Waals surface area contributed by atoms with Crippen molar-refractivity contribution in [2.24, 2.45) is 4.99 Å². The van der Waals surface area contributed by atoms with Crippen LogP contribution in [0.4, 0.5) is 17.5 Å². The topological polar surface area (TPSA) is 111 Å². The summed E-state index contributed by atoms with van der Waals surface area (Å²) < 4.78 is 1.93. The fourth-order valence-electron chi connectivity index (χ4n) is 3.90. The van der Waals surface area contributed by atoms with Crippen LogP contribution in [0, 0.1) is 13.8 Å². The van der Waals surface area contributed by atoms with Crippen LogP contribution in [-0.2, 0) is 6.54 Å². The van der Waals surface area contributed by atoms with Crippen LogP contribution in [0.1, 0.15) is 11.1 Å². The van der Waals surface area contributed by atoms with Crippen LogP contribution in [-0.4, -0.2) is 25.7 Å². The van der Waals surface area contributed by atoms with Gasteiger partial charge in [0, 0.05) is 17.1 Å². The number of rotatable bonds is 3. The van der Waals surface area contributed by atoms with Crippen molar-refractivity contribution in [2.75, 3.05) is 16.4 Å². The van der Waals surface area contributed by atoms with E-state index in [4.69, 9.17) is 16.5 Å². The molecule has 150 valence electrons. The molecule has 0 radical (unpaired) electrons. The maximum absolute atomic E-state index is 5.97. The van der Waals surface area contributed by atoms with E-state index < -0.39 is 0 Å². The fraction of sp³-hybridized carbons (Fsp3) is 0.182. The quantitative estimate of drug-likeness (QED) is 0.541. The molecule has 1 aliphatic rings. The highest BCUT2D eigenvalue weighted by atomic mass is 15.3. The first-order valence-corrected chi connectivity index (χ1v) is 9.74. The highest BCUT2D eigenvalue weighted by Gasteiger charge is 2.23. The van der Waals surface area contributed by atoms with Crippen molar-refractivity contribution in [3.63, 3.8) is 0 Å². The Hall–Kier alpha value is -3.94. The van der Waals surface area contributed by atoms with Crippen LogP contribution in [0.15, 0.2) is 53.8 Å². The largest absolute Gasteiger partial charge is 0.382 e. The number of hydrogen-bond acceptors (Lipinski definition) is 7. The first kappa shape index (κ1) is 18.1. The van der Waals surface area contributed by atoms with Gasteiger partial charge in [0.25, 0.3) is 0 Å². The minimum Gasteiger partial charge on any atom is -0.382 e. The fourth-order valence-corrected chi connectivity index (χ4v) is 3.90. The number of benzene rings is 2. The maximum Gasteiger partial charge on any atom is 0.224 e. The Balaban J connectivity index is 1.66. The van der Waals surface area contributed by atoms with E-state index in [0.717, 1.165) is 16.3 Å². The zero-order valence-corrected chi connectivity index (χ0v) is 16.8. The van der Waals surface area contributed by atoms with E-state index in [1.807, 2.05) is 28.8 Å². The van der Waals surface area contributed by atoms with E-state index in [2.05, 4.69) is 58.1 Å². The molecule has 1 atom stereocenters. The molecule has 0 saturated heterocycles. The molecule has 4 N–H and O–H groups in total. The van der Waals surface area contributed by atoms with Gasteiger partial charge in [0.2, 0.25) is 5.95 Å². The van der Waals surface area contributed by atoms with E-state index in [-0.39, 0.29) is 17.9 Å². The van der Waals surface area contributed by atoms with E-state index in [1.165, 1.54) is 11.1 Å². The molecule has 0 spiro atoms. The molecule has 8 heteroatoms. The number of nitrogen functional groups attached to an aromatic ring is 2. The summed E-state index contributed by atoms with van der Waals surface area (Å²) in [5.74, 6) is 0.408. The number of hydrogen-bond donors (Lipinski definition) is 2. The maximum atomic E-state index is 5.97. The summed E-state index contributed by atoms with van der Waals surface area (Å²) in [4.78, 5) is 20.0. The lowest BCUT2D eigenvalue weighted by Crippen LogP contribution is -2.45. The van der Waals surface area contributed by atoms with Gasteiger partial charge in [-0.15, -0.1) is 0 Å². The SMILES string of the molecule is Cc1ccccc1N1C=c2c(C)cccc2=NC1Cn1cnc2c(N)nc(N)nc21. The molecule has 1 unspecified atom stereocenters. The molecule has 0 fully saturated rings. The standard InChI is InChI=1S/C22H22N8/c1-13-7-5-8-16-15(13)10-30(17-9-4-3-6-14(17)2)18(26-16)11-29-12-25-19-20(23)27-22(24)28-21(19)29/h3-10,12,18H,11H2,1-2H3,(H4,23,24,27,28). The molecule has 8 nitrogen and oxygen atoms in total. The Labute approximate surface area is 173 Å². The summed E-state index contributed by atoms with van der Waals surface area (Å²) in [6.07, 6.45) is 3.71. The second kappa shape index (κ2) is 6.84. The first-order chi connectivity index (χ1) is 14.5. The lowest BCUT2D eigenvalue weighted by molar-refractivity contribution is 0.556. The minimum absolute atomic E-state index is 0.130. The Morgan fingerprint density at radius 1 is 0.967 bits per heavy atom. The van der Waals surface area contributed by atoms with Crippen molar-refractivity contribution in [2.45, 2.75) is 26.6 Å². The summed E-state index contributed by atoms with van der Waals surface area (Å²) in [5, 5.41) is 2.10. The zero-order valence-electron chi connectivity index (χ0n) is 16.8. The van der Waals surface area contributed by atoms with Gasteiger partial charge in [0.1, 0.15) is 11.7 Å². The third-order valence-electron chi connectivity index (χ3n) is 5.44. The van der Waals surface area contributed by atoms with Crippen LogP contribution in [0.2, 0.25) is 0 Å². The lowest BCUT2D eigenvalue weighted by atomic mass is 10.1. The number of fused-ring (bicyclic) bond motifs is 2. The van der Waals surface area contributed by atoms with Crippen molar-refractivity contribution >= 4 is 34.8 Å². The van der Waals surface area contributed by atoms with E-state index in [0.29, 0.717) is 17.7 Å². The lowest BCUT2D eigenvalue weighted by Gasteiger charge is -2.31. The molecule has 0 bridgehead atoms. The zero-order chi connectivity index (χ0) is 20.8. The van der Waals surface area contributed by atoms with Gasteiger partial charge in [0.15, 0.2) is 11.5 Å². The molecular weight excluding hydrogens is 376 g/mol. The van der Waals surface area contributed by atoms with Crippen LogP contribution >= 0.6 is 0 Å². The average Bonchev–Trinajstić information content (AvgIpc) is 3.11. The third kappa shape index (κ3) is 2.93. The normalized spacial score (nSPS) is 15.5. The van der Waals surface area contributed by atoms with Gasteiger partial charge in [-0.25, -0.2) is 4.98 Å². The highest BCUT2D eigenvalue weighted by Crippen LogP contribution is 2.25. The van der Waals surface area contributed by atoms with Crippen molar-refractivity contribution in [1.82, 2.24) is 19.5 Å². The van der Waals surface area contributed by atoms with Gasteiger partial charge in [0.05, 0.1) is 18.2 Å². The molecule has 0 aliphatic carbocycles. The van der Waals surface area contributed by atoms with Gasteiger partial charge in [-0.3, -0.25) is 4.99 Å². The van der Waals surface area contributed by atoms with Crippen LogP contribution in [0.25, 0.3) is 17.4 Å². The van der Waals surface area contributed by atoms with Crippen molar-refractivity contribution in [1.29, 1.82) is 0 Å². The predicted molar refractivity (Wildman–Crippen MR) is 118 cm³/mol. The van der Waals surface area contributed by atoms with Gasteiger partial charge in [-0.2, -0.15) is 9.97 Å². The second-order valence-electron chi connectivity index (χ2n) is 7.48. The number of aromatic nitrogens is 4. The summed E-state index contributed by atoms with van der Waals surface area (Å²) in [5.41, 5.74) is 16.4. The van der Waals surface area contributed by atoms with Crippen molar-refractivity contribution in [3.05, 3.63) is 70.5 Å². The Kier molecular flexibility index (Phi) is 4.13. The number of nitrogens with two attached hydrogens (primary N) is 2. The molecule has 0 amide bonds. The van der Waals surface area contributed by atoms with E-state index >= 15 is 0 Å². The molecule has 2 aromatic heterocycles. The van der Waals surface area contributed by atoms with Crippen LogP contribution in [0.3, 0.4) is 0 Å². The molecule has 4 aromatic rings. The van der Waals surface area contributed by atoms with Crippen molar-refractivity contribution < 1.29 is 0 Å². The molecular formula is C22H22N8. The van der Waals surface area contributed by atoms with Crippen LogP contribution < -0.4 is 26.9 Å². The van der Waals surface area contributed by atoms with Crippen LogP contribution in [0.5, 0.6) is 0 Å². The second-order valence-corrected chi connectivity index (χ2v) is 7.48. The van der Waals surface area contributed by atoms with Gasteiger partial charge in [-0.05, 0) is 37.1 Å². The molecule has 3 heterocycles. The van der Waals surface area contributed by atoms with Crippen molar-refractivity contribution in [3.8, 4) is 0 Å². The van der Waals surface area contributed by atoms with Gasteiger partial charge in [-0.1, -0.05) is 30.3 Å².